The highest BCUT2D eigenvalue weighted by Gasteiger charge is 2.06. The molecule has 0 aliphatic carbocycles. The molecule has 0 saturated heterocycles. The highest BCUT2D eigenvalue weighted by molar-refractivity contribution is 6.30. The van der Waals surface area contributed by atoms with Gasteiger partial charge in [-0.05, 0) is 42.3 Å². The van der Waals surface area contributed by atoms with Crippen LogP contribution in [0.1, 0.15) is 31.0 Å². The van der Waals surface area contributed by atoms with Crippen LogP contribution in [0.2, 0.25) is 5.02 Å². The van der Waals surface area contributed by atoms with Crippen LogP contribution in [0, 0.1) is 0 Å². The van der Waals surface area contributed by atoms with Gasteiger partial charge in [-0.25, -0.2) is 0 Å². The molecule has 0 aliphatic heterocycles. The summed E-state index contributed by atoms with van der Waals surface area (Å²) in [5.41, 5.74) is 2.07. The number of ether oxygens (including phenoxy) is 1. The minimum atomic E-state index is -0.0382. The molecule has 4 heteroatoms. The van der Waals surface area contributed by atoms with Crippen molar-refractivity contribution in [3.05, 3.63) is 64.7 Å². The van der Waals surface area contributed by atoms with Gasteiger partial charge in [-0.3, -0.25) is 4.79 Å². The van der Waals surface area contributed by atoms with E-state index in [0.717, 1.165) is 16.9 Å². The molecule has 0 bridgehead atoms. The first-order valence-electron chi connectivity index (χ1n) is 6.79. The van der Waals surface area contributed by atoms with Crippen molar-refractivity contribution in [2.24, 2.45) is 0 Å². The Labute approximate surface area is 129 Å². The quantitative estimate of drug-likeness (QED) is 0.902. The summed E-state index contributed by atoms with van der Waals surface area (Å²) in [5.74, 6) is 0.748. The standard InChI is InChI=1S/C17H18ClNO2/c1-12(19-13(2)20)15-6-8-17(9-7-15)21-11-14-4-3-5-16(18)10-14/h3-10,12H,11H2,1-2H3,(H,19,20). The van der Waals surface area contributed by atoms with Crippen LogP contribution in [0.5, 0.6) is 5.75 Å². The average molecular weight is 304 g/mol. The van der Waals surface area contributed by atoms with E-state index in [1.165, 1.54) is 6.92 Å². The van der Waals surface area contributed by atoms with E-state index in [4.69, 9.17) is 16.3 Å². The average Bonchev–Trinajstić information content (AvgIpc) is 2.45. The van der Waals surface area contributed by atoms with E-state index >= 15 is 0 Å². The normalized spacial score (nSPS) is 11.8. The van der Waals surface area contributed by atoms with Crippen molar-refractivity contribution >= 4 is 17.5 Å². The van der Waals surface area contributed by atoms with E-state index in [2.05, 4.69) is 5.32 Å². The molecular formula is C17H18ClNO2. The number of nitrogens with one attached hydrogen (secondary N) is 1. The maximum absolute atomic E-state index is 11.0. The van der Waals surface area contributed by atoms with Crippen molar-refractivity contribution in [3.8, 4) is 5.75 Å². The third kappa shape index (κ3) is 4.80. The topological polar surface area (TPSA) is 38.3 Å². The zero-order valence-electron chi connectivity index (χ0n) is 12.1. The third-order valence-electron chi connectivity index (χ3n) is 3.09. The molecule has 3 nitrogen and oxygen atoms in total. The first-order valence-corrected chi connectivity index (χ1v) is 7.16. The number of hydrogen-bond acceptors (Lipinski definition) is 2. The smallest absolute Gasteiger partial charge is 0.217 e. The van der Waals surface area contributed by atoms with Crippen molar-refractivity contribution < 1.29 is 9.53 Å². The molecule has 1 unspecified atom stereocenters. The van der Waals surface area contributed by atoms with E-state index in [9.17, 15) is 4.79 Å². The third-order valence-corrected chi connectivity index (χ3v) is 3.33. The molecule has 21 heavy (non-hydrogen) atoms. The fourth-order valence-electron chi connectivity index (χ4n) is 2.03. The number of hydrogen-bond donors (Lipinski definition) is 1. The molecule has 110 valence electrons. The van der Waals surface area contributed by atoms with E-state index in [-0.39, 0.29) is 11.9 Å². The lowest BCUT2D eigenvalue weighted by Crippen LogP contribution is -2.23. The van der Waals surface area contributed by atoms with Crippen molar-refractivity contribution in [1.29, 1.82) is 0 Å². The Bertz CT molecular complexity index is 610. The Morgan fingerprint density at radius 3 is 2.57 bits per heavy atom. The van der Waals surface area contributed by atoms with Gasteiger partial charge in [0.1, 0.15) is 12.4 Å². The van der Waals surface area contributed by atoms with Gasteiger partial charge in [-0.15, -0.1) is 0 Å². The minimum Gasteiger partial charge on any atom is -0.489 e. The molecule has 0 radical (unpaired) electrons. The summed E-state index contributed by atoms with van der Waals surface area (Å²) in [4.78, 5) is 11.0. The Balaban J connectivity index is 1.95. The van der Waals surface area contributed by atoms with Crippen LogP contribution in [0.4, 0.5) is 0 Å². The van der Waals surface area contributed by atoms with Crippen LogP contribution < -0.4 is 10.1 Å². The van der Waals surface area contributed by atoms with Gasteiger partial charge in [0.2, 0.25) is 5.91 Å². The lowest BCUT2D eigenvalue weighted by atomic mass is 10.1. The van der Waals surface area contributed by atoms with Crippen LogP contribution in [0.15, 0.2) is 48.5 Å². The van der Waals surface area contributed by atoms with Crippen LogP contribution in [-0.4, -0.2) is 5.91 Å². The van der Waals surface area contributed by atoms with Gasteiger partial charge in [0, 0.05) is 11.9 Å². The van der Waals surface area contributed by atoms with Crippen molar-refractivity contribution in [2.75, 3.05) is 0 Å². The van der Waals surface area contributed by atoms with E-state index in [1.54, 1.807) is 0 Å². The van der Waals surface area contributed by atoms with Gasteiger partial charge >= 0.3 is 0 Å². The van der Waals surface area contributed by atoms with Crippen LogP contribution in [-0.2, 0) is 11.4 Å². The number of carbonyl (C=O) groups excluding carboxylic acids is 1. The molecule has 0 spiro atoms. The van der Waals surface area contributed by atoms with Crippen molar-refractivity contribution in [1.82, 2.24) is 5.32 Å². The fraction of sp³-hybridized carbons (Fsp3) is 0.235. The molecule has 0 saturated carbocycles. The maximum Gasteiger partial charge on any atom is 0.217 e. The molecule has 2 rings (SSSR count). The molecule has 0 aliphatic rings. The second-order valence-corrected chi connectivity index (χ2v) is 5.35. The maximum atomic E-state index is 11.0. The molecular weight excluding hydrogens is 286 g/mol. The first kappa shape index (κ1) is 15.4. The number of amides is 1. The Morgan fingerprint density at radius 2 is 1.95 bits per heavy atom. The monoisotopic (exact) mass is 303 g/mol. The summed E-state index contributed by atoms with van der Waals surface area (Å²) in [5, 5.41) is 3.55. The molecule has 1 N–H and O–H groups in total. The van der Waals surface area contributed by atoms with Gasteiger partial charge in [-0.1, -0.05) is 35.9 Å². The van der Waals surface area contributed by atoms with Crippen molar-refractivity contribution in [2.45, 2.75) is 26.5 Å². The molecule has 1 atom stereocenters. The molecule has 0 heterocycles. The Hall–Kier alpha value is -2.00. The Morgan fingerprint density at radius 1 is 1.24 bits per heavy atom. The zero-order chi connectivity index (χ0) is 15.2. The zero-order valence-corrected chi connectivity index (χ0v) is 12.9. The van der Waals surface area contributed by atoms with Crippen LogP contribution in [0.25, 0.3) is 0 Å². The molecule has 2 aromatic rings. The number of benzene rings is 2. The van der Waals surface area contributed by atoms with Gasteiger partial charge < -0.3 is 10.1 Å². The molecule has 1 amide bonds. The predicted molar refractivity (Wildman–Crippen MR) is 84.5 cm³/mol. The first-order chi connectivity index (χ1) is 10.0. The molecule has 2 aromatic carbocycles. The molecule has 0 fully saturated rings. The second kappa shape index (κ2) is 7.14. The van der Waals surface area contributed by atoms with Gasteiger partial charge in [0.05, 0.1) is 6.04 Å². The summed E-state index contributed by atoms with van der Waals surface area (Å²) >= 11 is 5.93. The summed E-state index contributed by atoms with van der Waals surface area (Å²) in [6.45, 7) is 3.93. The second-order valence-electron chi connectivity index (χ2n) is 4.91. The lowest BCUT2D eigenvalue weighted by molar-refractivity contribution is -0.119. The fourth-order valence-corrected chi connectivity index (χ4v) is 2.25. The SMILES string of the molecule is CC(=O)NC(C)c1ccc(OCc2cccc(Cl)c2)cc1. The van der Waals surface area contributed by atoms with E-state index in [0.29, 0.717) is 11.6 Å². The minimum absolute atomic E-state index is 0.00974. The Kier molecular flexibility index (Phi) is 5.23. The van der Waals surface area contributed by atoms with Crippen molar-refractivity contribution in [3.63, 3.8) is 0 Å². The highest BCUT2D eigenvalue weighted by atomic mass is 35.5. The summed E-state index contributed by atoms with van der Waals surface area (Å²) in [7, 11) is 0. The lowest BCUT2D eigenvalue weighted by Gasteiger charge is -2.13. The summed E-state index contributed by atoms with van der Waals surface area (Å²) < 4.78 is 5.72. The van der Waals surface area contributed by atoms with Crippen LogP contribution in [0.3, 0.4) is 0 Å². The van der Waals surface area contributed by atoms with Gasteiger partial charge in [0.25, 0.3) is 0 Å². The van der Waals surface area contributed by atoms with E-state index < -0.39 is 0 Å². The largest absolute Gasteiger partial charge is 0.489 e. The number of halogens is 1. The summed E-state index contributed by atoms with van der Waals surface area (Å²) in [6, 6.07) is 15.3. The predicted octanol–water partition coefficient (Wildman–Crippen LogP) is 4.12. The molecule has 0 aromatic heterocycles. The highest BCUT2D eigenvalue weighted by Crippen LogP contribution is 2.19. The number of carbonyl (C=O) groups is 1. The van der Waals surface area contributed by atoms with Gasteiger partial charge in [0.15, 0.2) is 0 Å². The van der Waals surface area contributed by atoms with Crippen LogP contribution >= 0.6 is 11.6 Å². The number of rotatable bonds is 5. The summed E-state index contributed by atoms with van der Waals surface area (Å²) in [6.07, 6.45) is 0. The van der Waals surface area contributed by atoms with E-state index in [1.807, 2.05) is 55.5 Å². The van der Waals surface area contributed by atoms with Gasteiger partial charge in [-0.2, -0.15) is 0 Å².